The second-order valence-corrected chi connectivity index (χ2v) is 4.91. The average molecular weight is 277 g/mol. The number of benzene rings is 1. The summed E-state index contributed by atoms with van der Waals surface area (Å²) in [6.45, 7) is 3.93. The molecule has 0 aromatic heterocycles. The van der Waals surface area contributed by atoms with Crippen LogP contribution in [0.15, 0.2) is 30.3 Å². The molecule has 0 saturated heterocycles. The van der Waals surface area contributed by atoms with Gasteiger partial charge >= 0.3 is 5.97 Å². The lowest BCUT2D eigenvalue weighted by Crippen LogP contribution is -2.42. The van der Waals surface area contributed by atoms with E-state index in [1.165, 1.54) is 0 Å². The lowest BCUT2D eigenvalue weighted by Gasteiger charge is -2.19. The van der Waals surface area contributed by atoms with Crippen LogP contribution in [0.1, 0.15) is 51.0 Å². The Morgan fingerprint density at radius 3 is 2.35 bits per heavy atom. The van der Waals surface area contributed by atoms with Gasteiger partial charge in [0.2, 0.25) is 5.91 Å². The van der Waals surface area contributed by atoms with E-state index < -0.39 is 12.0 Å². The second-order valence-electron chi connectivity index (χ2n) is 4.91. The summed E-state index contributed by atoms with van der Waals surface area (Å²) in [6, 6.07) is 8.68. The van der Waals surface area contributed by atoms with Gasteiger partial charge < -0.3 is 10.4 Å². The van der Waals surface area contributed by atoms with Crippen molar-refractivity contribution in [3.05, 3.63) is 35.9 Å². The van der Waals surface area contributed by atoms with Crippen molar-refractivity contribution in [2.75, 3.05) is 0 Å². The van der Waals surface area contributed by atoms with Crippen molar-refractivity contribution in [2.45, 2.75) is 51.5 Å². The summed E-state index contributed by atoms with van der Waals surface area (Å²) in [6.07, 6.45) is 2.83. The molecule has 4 nitrogen and oxygen atoms in total. The van der Waals surface area contributed by atoms with Gasteiger partial charge in [0.15, 0.2) is 0 Å². The Kier molecular flexibility index (Phi) is 6.77. The van der Waals surface area contributed by atoms with Crippen LogP contribution >= 0.6 is 0 Å². The van der Waals surface area contributed by atoms with Crippen LogP contribution in [-0.4, -0.2) is 23.0 Å². The molecule has 0 aliphatic heterocycles. The summed E-state index contributed by atoms with van der Waals surface area (Å²) >= 11 is 0. The van der Waals surface area contributed by atoms with Gasteiger partial charge in [0, 0.05) is 0 Å². The molecule has 1 amide bonds. The van der Waals surface area contributed by atoms with E-state index in [2.05, 4.69) is 5.32 Å². The van der Waals surface area contributed by atoms with Gasteiger partial charge in [0.25, 0.3) is 0 Å². The number of hydrogen-bond donors (Lipinski definition) is 2. The fourth-order valence-electron chi connectivity index (χ4n) is 2.20. The maximum absolute atomic E-state index is 12.3. The first-order chi connectivity index (χ1) is 9.60. The number of nitrogens with one attached hydrogen (secondary N) is 1. The molecule has 110 valence electrons. The van der Waals surface area contributed by atoms with Gasteiger partial charge in [-0.3, -0.25) is 4.79 Å². The minimum absolute atomic E-state index is 0.206. The normalized spacial score (nSPS) is 13.5. The predicted molar refractivity (Wildman–Crippen MR) is 78.6 cm³/mol. The molecule has 1 unspecified atom stereocenters. The Labute approximate surface area is 120 Å². The lowest BCUT2D eigenvalue weighted by molar-refractivity contribution is -0.142. The van der Waals surface area contributed by atoms with Crippen molar-refractivity contribution >= 4 is 11.9 Å². The SMILES string of the molecule is CCCC[C@H](NC(=O)C(CC)c1ccccc1)C(=O)O. The Morgan fingerprint density at radius 2 is 1.85 bits per heavy atom. The van der Waals surface area contributed by atoms with Gasteiger partial charge in [0.1, 0.15) is 6.04 Å². The van der Waals surface area contributed by atoms with Gasteiger partial charge in [-0.25, -0.2) is 4.79 Å². The van der Waals surface area contributed by atoms with Crippen LogP contribution in [0.2, 0.25) is 0 Å². The minimum atomic E-state index is -0.963. The van der Waals surface area contributed by atoms with E-state index in [9.17, 15) is 9.59 Å². The van der Waals surface area contributed by atoms with Gasteiger partial charge in [-0.15, -0.1) is 0 Å². The molecule has 0 spiro atoms. The molecule has 0 bridgehead atoms. The fourth-order valence-corrected chi connectivity index (χ4v) is 2.20. The van der Waals surface area contributed by atoms with Gasteiger partial charge in [-0.05, 0) is 18.4 Å². The smallest absolute Gasteiger partial charge is 0.326 e. The number of carboxylic acids is 1. The molecule has 2 atom stereocenters. The summed E-state index contributed by atoms with van der Waals surface area (Å²) in [5, 5.41) is 11.8. The molecule has 4 heteroatoms. The zero-order valence-corrected chi connectivity index (χ0v) is 12.1. The third-order valence-corrected chi connectivity index (χ3v) is 3.39. The van der Waals surface area contributed by atoms with E-state index >= 15 is 0 Å². The van der Waals surface area contributed by atoms with Crippen LogP contribution in [0, 0.1) is 0 Å². The molecule has 0 radical (unpaired) electrons. The van der Waals surface area contributed by atoms with E-state index in [0.29, 0.717) is 12.8 Å². The highest BCUT2D eigenvalue weighted by atomic mass is 16.4. The monoisotopic (exact) mass is 277 g/mol. The number of carbonyl (C=O) groups excluding carboxylic acids is 1. The summed E-state index contributed by atoms with van der Waals surface area (Å²) in [7, 11) is 0. The summed E-state index contributed by atoms with van der Waals surface area (Å²) in [5.41, 5.74) is 0.923. The van der Waals surface area contributed by atoms with Crippen molar-refractivity contribution in [3.63, 3.8) is 0 Å². The topological polar surface area (TPSA) is 66.4 Å². The maximum atomic E-state index is 12.3. The Hall–Kier alpha value is -1.84. The summed E-state index contributed by atoms with van der Waals surface area (Å²) < 4.78 is 0. The van der Waals surface area contributed by atoms with Gasteiger partial charge in [-0.1, -0.05) is 57.0 Å². The number of aliphatic carboxylic acids is 1. The van der Waals surface area contributed by atoms with Crippen molar-refractivity contribution in [3.8, 4) is 0 Å². The number of unbranched alkanes of at least 4 members (excludes halogenated alkanes) is 1. The molecule has 0 heterocycles. The molecule has 2 N–H and O–H groups in total. The minimum Gasteiger partial charge on any atom is -0.480 e. The Morgan fingerprint density at radius 1 is 1.20 bits per heavy atom. The second kappa shape index (κ2) is 8.35. The number of carbonyl (C=O) groups is 2. The molecule has 0 saturated carbocycles. The lowest BCUT2D eigenvalue weighted by atomic mass is 9.95. The Balaban J connectivity index is 2.73. The van der Waals surface area contributed by atoms with Crippen LogP contribution in [0.5, 0.6) is 0 Å². The molecule has 1 aromatic carbocycles. The highest BCUT2D eigenvalue weighted by molar-refractivity contribution is 5.88. The third kappa shape index (κ3) is 4.68. The van der Waals surface area contributed by atoms with Crippen LogP contribution in [0.25, 0.3) is 0 Å². The maximum Gasteiger partial charge on any atom is 0.326 e. The Bertz CT molecular complexity index is 431. The van der Waals surface area contributed by atoms with Crippen LogP contribution in [0.3, 0.4) is 0 Å². The molecular formula is C16H23NO3. The third-order valence-electron chi connectivity index (χ3n) is 3.39. The molecule has 0 aliphatic rings. The summed E-state index contributed by atoms with van der Waals surface area (Å²) in [4.78, 5) is 23.5. The number of hydrogen-bond acceptors (Lipinski definition) is 2. The molecule has 0 aliphatic carbocycles. The summed E-state index contributed by atoms with van der Waals surface area (Å²) in [5.74, 6) is -1.46. The quantitative estimate of drug-likeness (QED) is 0.767. The highest BCUT2D eigenvalue weighted by Gasteiger charge is 2.24. The molecule has 20 heavy (non-hydrogen) atoms. The van der Waals surface area contributed by atoms with E-state index in [1.807, 2.05) is 44.2 Å². The average Bonchev–Trinajstić information content (AvgIpc) is 2.45. The van der Waals surface area contributed by atoms with Crippen molar-refractivity contribution in [2.24, 2.45) is 0 Å². The zero-order chi connectivity index (χ0) is 15.0. The molecule has 0 fully saturated rings. The van der Waals surface area contributed by atoms with Crippen LogP contribution in [-0.2, 0) is 9.59 Å². The van der Waals surface area contributed by atoms with E-state index in [-0.39, 0.29) is 11.8 Å². The fraction of sp³-hybridized carbons (Fsp3) is 0.500. The number of rotatable bonds is 8. The van der Waals surface area contributed by atoms with E-state index in [0.717, 1.165) is 18.4 Å². The molecule has 1 aromatic rings. The first kappa shape index (κ1) is 16.2. The van der Waals surface area contributed by atoms with Crippen LogP contribution in [0.4, 0.5) is 0 Å². The van der Waals surface area contributed by atoms with Gasteiger partial charge in [-0.2, -0.15) is 0 Å². The van der Waals surface area contributed by atoms with Gasteiger partial charge in [0.05, 0.1) is 5.92 Å². The van der Waals surface area contributed by atoms with Crippen molar-refractivity contribution in [1.29, 1.82) is 0 Å². The zero-order valence-electron chi connectivity index (χ0n) is 12.1. The standard InChI is InChI=1S/C16H23NO3/c1-3-5-11-14(16(19)20)17-15(18)13(4-2)12-9-7-6-8-10-12/h6-10,13-14H,3-5,11H2,1-2H3,(H,17,18)(H,19,20)/t13?,14-/m0/s1. The van der Waals surface area contributed by atoms with Crippen LogP contribution < -0.4 is 5.32 Å². The first-order valence-corrected chi connectivity index (χ1v) is 7.18. The predicted octanol–water partition coefficient (Wildman–Crippen LogP) is 2.94. The van der Waals surface area contributed by atoms with E-state index in [4.69, 9.17) is 5.11 Å². The molecule has 1 rings (SSSR count). The van der Waals surface area contributed by atoms with Crippen molar-refractivity contribution < 1.29 is 14.7 Å². The largest absolute Gasteiger partial charge is 0.480 e. The highest BCUT2D eigenvalue weighted by Crippen LogP contribution is 2.19. The molecular weight excluding hydrogens is 254 g/mol. The van der Waals surface area contributed by atoms with Crippen molar-refractivity contribution in [1.82, 2.24) is 5.32 Å². The number of amides is 1. The van der Waals surface area contributed by atoms with E-state index in [1.54, 1.807) is 0 Å². The first-order valence-electron chi connectivity index (χ1n) is 7.18. The number of carboxylic acid groups (broad SMARTS) is 1.